The SMILES string of the molecule is COc1ccc(CCC(=O)Nc2ccc(Oc3cc(-n4cccn4)nc(C)n3)cc2)cc1. The average Bonchev–Trinajstić information content (AvgIpc) is 3.34. The number of hydrogen-bond donors (Lipinski definition) is 1. The number of hydrogen-bond acceptors (Lipinski definition) is 6. The molecule has 32 heavy (non-hydrogen) atoms. The van der Waals surface area contributed by atoms with Crippen molar-refractivity contribution in [2.24, 2.45) is 0 Å². The Labute approximate surface area is 185 Å². The van der Waals surface area contributed by atoms with E-state index in [4.69, 9.17) is 9.47 Å². The van der Waals surface area contributed by atoms with E-state index in [1.807, 2.05) is 30.3 Å². The second-order valence-corrected chi connectivity index (χ2v) is 7.08. The van der Waals surface area contributed by atoms with Crippen molar-refractivity contribution in [2.45, 2.75) is 19.8 Å². The molecule has 1 amide bonds. The molecule has 4 rings (SSSR count). The number of aromatic nitrogens is 4. The van der Waals surface area contributed by atoms with Gasteiger partial charge in [0, 0.05) is 30.6 Å². The van der Waals surface area contributed by atoms with Crippen LogP contribution in [0.1, 0.15) is 17.8 Å². The van der Waals surface area contributed by atoms with Crippen molar-refractivity contribution in [2.75, 3.05) is 12.4 Å². The van der Waals surface area contributed by atoms with Gasteiger partial charge in [0.15, 0.2) is 5.82 Å². The molecule has 0 saturated carbocycles. The molecular weight excluding hydrogens is 406 g/mol. The fourth-order valence-electron chi connectivity index (χ4n) is 3.10. The molecule has 8 nitrogen and oxygen atoms in total. The first-order valence-corrected chi connectivity index (χ1v) is 10.2. The Morgan fingerprint density at radius 1 is 1.03 bits per heavy atom. The molecule has 0 fully saturated rings. The Bertz CT molecular complexity index is 1170. The summed E-state index contributed by atoms with van der Waals surface area (Å²) in [5.74, 6) is 2.97. The third kappa shape index (κ3) is 5.48. The van der Waals surface area contributed by atoms with Crippen LogP contribution in [0.4, 0.5) is 5.69 Å². The zero-order valence-electron chi connectivity index (χ0n) is 17.9. The first kappa shape index (κ1) is 21.0. The van der Waals surface area contributed by atoms with Gasteiger partial charge in [-0.1, -0.05) is 12.1 Å². The quantitative estimate of drug-likeness (QED) is 0.448. The number of nitrogens with zero attached hydrogens (tertiary/aromatic N) is 4. The summed E-state index contributed by atoms with van der Waals surface area (Å²) in [6, 6.07) is 18.4. The molecular formula is C24H23N5O3. The molecule has 0 aliphatic rings. The van der Waals surface area contributed by atoms with Gasteiger partial charge in [-0.15, -0.1) is 0 Å². The van der Waals surface area contributed by atoms with Crippen LogP contribution in [0.3, 0.4) is 0 Å². The number of nitrogens with one attached hydrogen (secondary N) is 1. The molecule has 0 saturated heterocycles. The van der Waals surface area contributed by atoms with Crippen LogP contribution in [0, 0.1) is 6.92 Å². The minimum atomic E-state index is -0.0511. The van der Waals surface area contributed by atoms with Crippen LogP contribution in [-0.2, 0) is 11.2 Å². The van der Waals surface area contributed by atoms with Crippen molar-refractivity contribution in [1.29, 1.82) is 0 Å². The number of anilines is 1. The lowest BCUT2D eigenvalue weighted by molar-refractivity contribution is -0.116. The van der Waals surface area contributed by atoms with E-state index < -0.39 is 0 Å². The molecule has 0 spiro atoms. The second kappa shape index (κ2) is 9.74. The highest BCUT2D eigenvalue weighted by atomic mass is 16.5. The highest BCUT2D eigenvalue weighted by Gasteiger charge is 2.08. The summed E-state index contributed by atoms with van der Waals surface area (Å²) >= 11 is 0. The van der Waals surface area contributed by atoms with Crippen LogP contribution in [-0.4, -0.2) is 32.8 Å². The van der Waals surface area contributed by atoms with Crippen molar-refractivity contribution in [3.05, 3.63) is 84.4 Å². The third-order valence-corrected chi connectivity index (χ3v) is 4.70. The molecule has 0 aliphatic heterocycles. The molecule has 162 valence electrons. The van der Waals surface area contributed by atoms with E-state index in [2.05, 4.69) is 20.4 Å². The van der Waals surface area contributed by atoms with Crippen LogP contribution in [0.5, 0.6) is 17.4 Å². The number of carbonyl (C=O) groups is 1. The average molecular weight is 429 g/mol. The zero-order chi connectivity index (χ0) is 22.3. The summed E-state index contributed by atoms with van der Waals surface area (Å²) in [5.41, 5.74) is 1.78. The minimum Gasteiger partial charge on any atom is -0.497 e. The lowest BCUT2D eigenvalue weighted by Gasteiger charge is -2.09. The summed E-state index contributed by atoms with van der Waals surface area (Å²) in [4.78, 5) is 21.0. The lowest BCUT2D eigenvalue weighted by atomic mass is 10.1. The molecule has 0 aliphatic carbocycles. The van der Waals surface area contributed by atoms with E-state index in [1.54, 1.807) is 61.4 Å². The van der Waals surface area contributed by atoms with Crippen LogP contribution in [0.25, 0.3) is 5.82 Å². The van der Waals surface area contributed by atoms with Crippen LogP contribution < -0.4 is 14.8 Å². The number of ether oxygens (including phenoxy) is 2. The third-order valence-electron chi connectivity index (χ3n) is 4.70. The molecule has 0 bridgehead atoms. The Kier molecular flexibility index (Phi) is 6.41. The van der Waals surface area contributed by atoms with Gasteiger partial charge in [0.05, 0.1) is 7.11 Å². The fourth-order valence-corrected chi connectivity index (χ4v) is 3.10. The van der Waals surface area contributed by atoms with Gasteiger partial charge in [-0.2, -0.15) is 10.1 Å². The molecule has 0 unspecified atom stereocenters. The van der Waals surface area contributed by atoms with Crippen LogP contribution in [0.2, 0.25) is 0 Å². The lowest BCUT2D eigenvalue weighted by Crippen LogP contribution is -2.12. The van der Waals surface area contributed by atoms with Gasteiger partial charge in [0.2, 0.25) is 11.8 Å². The van der Waals surface area contributed by atoms with Crippen LogP contribution >= 0.6 is 0 Å². The number of rotatable bonds is 8. The van der Waals surface area contributed by atoms with Crippen LogP contribution in [0.15, 0.2) is 73.1 Å². The highest BCUT2D eigenvalue weighted by Crippen LogP contribution is 2.23. The summed E-state index contributed by atoms with van der Waals surface area (Å²) in [6.45, 7) is 1.80. The topological polar surface area (TPSA) is 91.2 Å². The van der Waals surface area contributed by atoms with Gasteiger partial charge in [-0.25, -0.2) is 9.67 Å². The first-order chi connectivity index (χ1) is 15.6. The molecule has 4 aromatic rings. The number of aryl methyl sites for hydroxylation is 2. The predicted molar refractivity (Wildman–Crippen MR) is 120 cm³/mol. The summed E-state index contributed by atoms with van der Waals surface area (Å²) in [6.07, 6.45) is 4.53. The van der Waals surface area contributed by atoms with Crippen molar-refractivity contribution in [1.82, 2.24) is 19.7 Å². The summed E-state index contributed by atoms with van der Waals surface area (Å²) in [5, 5.41) is 7.09. The van der Waals surface area contributed by atoms with E-state index in [1.165, 1.54) is 0 Å². The second-order valence-electron chi connectivity index (χ2n) is 7.08. The van der Waals surface area contributed by atoms with Crippen molar-refractivity contribution in [3.8, 4) is 23.2 Å². The maximum absolute atomic E-state index is 12.3. The maximum Gasteiger partial charge on any atom is 0.224 e. The van der Waals surface area contributed by atoms with Crippen molar-refractivity contribution in [3.63, 3.8) is 0 Å². The van der Waals surface area contributed by atoms with Crippen molar-refractivity contribution < 1.29 is 14.3 Å². The van der Waals surface area contributed by atoms with E-state index in [-0.39, 0.29) is 5.91 Å². The Morgan fingerprint density at radius 3 is 2.47 bits per heavy atom. The summed E-state index contributed by atoms with van der Waals surface area (Å²) < 4.78 is 12.7. The molecule has 0 radical (unpaired) electrons. The standard InChI is InChI=1S/C24H23N5O3/c1-17-26-22(29-15-3-14-25-29)16-24(27-17)32-21-11-7-19(8-12-21)28-23(30)13-6-18-4-9-20(31-2)10-5-18/h3-5,7-12,14-16H,6,13H2,1-2H3,(H,28,30). The Hall–Kier alpha value is -4.20. The Balaban J connectivity index is 1.33. The molecule has 2 heterocycles. The van der Waals surface area contributed by atoms with E-state index >= 15 is 0 Å². The van der Waals surface area contributed by atoms with Gasteiger partial charge in [-0.3, -0.25) is 4.79 Å². The molecule has 2 aromatic carbocycles. The number of carbonyl (C=O) groups excluding carboxylic acids is 1. The largest absolute Gasteiger partial charge is 0.497 e. The first-order valence-electron chi connectivity index (χ1n) is 10.2. The van der Waals surface area contributed by atoms with E-state index in [0.717, 1.165) is 11.3 Å². The van der Waals surface area contributed by atoms with Gasteiger partial charge in [0.1, 0.15) is 17.3 Å². The number of amides is 1. The van der Waals surface area contributed by atoms with Gasteiger partial charge < -0.3 is 14.8 Å². The van der Waals surface area contributed by atoms with Gasteiger partial charge in [0.25, 0.3) is 0 Å². The molecule has 1 N–H and O–H groups in total. The van der Waals surface area contributed by atoms with E-state index in [0.29, 0.717) is 41.8 Å². The maximum atomic E-state index is 12.3. The van der Waals surface area contributed by atoms with E-state index in [9.17, 15) is 4.79 Å². The fraction of sp³-hybridized carbons (Fsp3) is 0.167. The van der Waals surface area contributed by atoms with Gasteiger partial charge in [-0.05, 0) is 61.4 Å². The minimum absolute atomic E-state index is 0.0511. The predicted octanol–water partition coefficient (Wildman–Crippen LogP) is 4.34. The molecule has 8 heteroatoms. The smallest absolute Gasteiger partial charge is 0.224 e. The highest BCUT2D eigenvalue weighted by molar-refractivity contribution is 5.90. The summed E-state index contributed by atoms with van der Waals surface area (Å²) in [7, 11) is 1.63. The monoisotopic (exact) mass is 429 g/mol. The normalized spacial score (nSPS) is 10.6. The molecule has 2 aromatic heterocycles. The Morgan fingerprint density at radius 2 is 1.78 bits per heavy atom. The number of methoxy groups -OCH3 is 1. The van der Waals surface area contributed by atoms with Gasteiger partial charge >= 0.3 is 0 Å². The number of benzene rings is 2. The van der Waals surface area contributed by atoms with Crippen molar-refractivity contribution >= 4 is 11.6 Å². The zero-order valence-corrected chi connectivity index (χ0v) is 17.9. The molecule has 0 atom stereocenters.